The second-order valence-corrected chi connectivity index (χ2v) is 2.86. The van der Waals surface area contributed by atoms with Crippen LogP contribution in [-0.4, -0.2) is 16.3 Å². The van der Waals surface area contributed by atoms with E-state index in [4.69, 9.17) is 0 Å². The molecular formula is C6H9N3S. The van der Waals surface area contributed by atoms with Crippen molar-refractivity contribution in [1.29, 1.82) is 0 Å². The van der Waals surface area contributed by atoms with Gasteiger partial charge >= 0.3 is 0 Å². The number of fused-ring (bicyclic) bond motifs is 1. The molecule has 3 nitrogen and oxygen atoms in total. The van der Waals surface area contributed by atoms with Crippen LogP contribution >= 0.6 is 12.6 Å². The Hall–Kier alpha value is -0.480. The van der Waals surface area contributed by atoms with Crippen molar-refractivity contribution in [3.63, 3.8) is 0 Å². The molecule has 1 aromatic heterocycles. The highest BCUT2D eigenvalue weighted by Gasteiger charge is 2.10. The smallest absolute Gasteiger partial charge is 0.0655 e. The van der Waals surface area contributed by atoms with Crippen molar-refractivity contribution in [2.75, 3.05) is 6.54 Å². The van der Waals surface area contributed by atoms with Gasteiger partial charge in [-0.1, -0.05) is 0 Å². The van der Waals surface area contributed by atoms with E-state index in [1.807, 2.05) is 4.68 Å². The number of aromatic nitrogens is 2. The van der Waals surface area contributed by atoms with Gasteiger partial charge in [0.25, 0.3) is 0 Å². The molecule has 1 aliphatic rings. The van der Waals surface area contributed by atoms with Crippen LogP contribution in [0.15, 0.2) is 11.1 Å². The molecule has 0 aromatic carbocycles. The summed E-state index contributed by atoms with van der Waals surface area (Å²) in [6.45, 7) is 2.89. The molecule has 2 heterocycles. The molecule has 0 unspecified atom stereocenters. The van der Waals surface area contributed by atoms with Gasteiger partial charge in [0.05, 0.1) is 18.4 Å². The fraction of sp³-hybridized carbons (Fsp3) is 0.500. The Morgan fingerprint density at radius 1 is 1.70 bits per heavy atom. The van der Waals surface area contributed by atoms with Crippen molar-refractivity contribution in [2.24, 2.45) is 0 Å². The van der Waals surface area contributed by atoms with Crippen molar-refractivity contribution in [2.45, 2.75) is 18.0 Å². The largest absolute Gasteiger partial charge is 0.309 e. The predicted molar refractivity (Wildman–Crippen MR) is 41.2 cm³/mol. The topological polar surface area (TPSA) is 29.9 Å². The Balaban J connectivity index is 2.45. The van der Waals surface area contributed by atoms with Gasteiger partial charge in [0.15, 0.2) is 0 Å². The van der Waals surface area contributed by atoms with Gasteiger partial charge in [0.1, 0.15) is 0 Å². The Morgan fingerprint density at radius 3 is 3.40 bits per heavy atom. The second kappa shape index (κ2) is 2.29. The Bertz CT molecular complexity index is 243. The SMILES string of the molecule is Sc1cnn2c1CNCC2. The van der Waals surface area contributed by atoms with E-state index >= 15 is 0 Å². The van der Waals surface area contributed by atoms with Crippen LogP contribution in [0.3, 0.4) is 0 Å². The maximum Gasteiger partial charge on any atom is 0.0655 e. The van der Waals surface area contributed by atoms with Gasteiger partial charge in [-0.15, -0.1) is 12.6 Å². The Labute approximate surface area is 64.8 Å². The fourth-order valence-corrected chi connectivity index (χ4v) is 1.41. The summed E-state index contributed by atoms with van der Waals surface area (Å²) in [5.74, 6) is 0. The molecule has 4 heteroatoms. The summed E-state index contributed by atoms with van der Waals surface area (Å²) in [7, 11) is 0. The third-order valence-corrected chi connectivity index (χ3v) is 2.09. The van der Waals surface area contributed by atoms with E-state index < -0.39 is 0 Å². The molecule has 1 N–H and O–H groups in total. The highest BCUT2D eigenvalue weighted by Crippen LogP contribution is 2.14. The van der Waals surface area contributed by atoms with Gasteiger partial charge in [0.2, 0.25) is 0 Å². The van der Waals surface area contributed by atoms with E-state index in [1.165, 1.54) is 5.69 Å². The third kappa shape index (κ3) is 0.839. The zero-order chi connectivity index (χ0) is 6.97. The van der Waals surface area contributed by atoms with Crippen molar-refractivity contribution < 1.29 is 0 Å². The zero-order valence-corrected chi connectivity index (χ0v) is 6.43. The molecule has 1 aromatic rings. The maximum absolute atomic E-state index is 4.26. The van der Waals surface area contributed by atoms with E-state index in [9.17, 15) is 0 Å². The van der Waals surface area contributed by atoms with E-state index in [0.717, 1.165) is 24.5 Å². The summed E-state index contributed by atoms with van der Waals surface area (Å²) < 4.78 is 2.00. The van der Waals surface area contributed by atoms with Crippen molar-refractivity contribution in [3.05, 3.63) is 11.9 Å². The van der Waals surface area contributed by atoms with Crippen molar-refractivity contribution in [1.82, 2.24) is 15.1 Å². The van der Waals surface area contributed by atoms with Gasteiger partial charge in [-0.3, -0.25) is 4.68 Å². The van der Waals surface area contributed by atoms with Crippen LogP contribution in [0, 0.1) is 0 Å². The minimum atomic E-state index is 0.902. The minimum Gasteiger partial charge on any atom is -0.309 e. The summed E-state index contributed by atoms with van der Waals surface area (Å²) in [5.41, 5.74) is 1.20. The summed E-state index contributed by atoms with van der Waals surface area (Å²) in [5, 5.41) is 7.41. The first-order valence-corrected chi connectivity index (χ1v) is 3.77. The zero-order valence-electron chi connectivity index (χ0n) is 5.54. The maximum atomic E-state index is 4.26. The molecule has 1 aliphatic heterocycles. The molecule has 0 fully saturated rings. The number of hydrogen-bond acceptors (Lipinski definition) is 3. The van der Waals surface area contributed by atoms with Crippen molar-refractivity contribution >= 4 is 12.6 Å². The number of nitrogens with zero attached hydrogens (tertiary/aromatic N) is 2. The minimum absolute atomic E-state index is 0.902. The monoisotopic (exact) mass is 155 g/mol. The third-order valence-electron chi connectivity index (χ3n) is 1.72. The van der Waals surface area contributed by atoms with Crippen LogP contribution in [0.4, 0.5) is 0 Å². The highest BCUT2D eigenvalue weighted by atomic mass is 32.1. The Morgan fingerprint density at radius 2 is 2.60 bits per heavy atom. The second-order valence-electron chi connectivity index (χ2n) is 2.38. The van der Waals surface area contributed by atoms with Crippen LogP contribution in [0.5, 0.6) is 0 Å². The van der Waals surface area contributed by atoms with E-state index in [-0.39, 0.29) is 0 Å². The lowest BCUT2D eigenvalue weighted by Crippen LogP contribution is -2.28. The van der Waals surface area contributed by atoms with Gasteiger partial charge in [-0.2, -0.15) is 5.10 Å². The molecule has 0 aliphatic carbocycles. The first-order chi connectivity index (χ1) is 4.88. The lowest BCUT2D eigenvalue weighted by atomic mass is 10.3. The first kappa shape index (κ1) is 6.24. The molecule has 10 heavy (non-hydrogen) atoms. The van der Waals surface area contributed by atoms with E-state index in [2.05, 4.69) is 23.0 Å². The molecule has 0 saturated heterocycles. The lowest BCUT2D eigenvalue weighted by molar-refractivity contribution is 0.471. The molecule has 0 atom stereocenters. The van der Waals surface area contributed by atoms with Gasteiger partial charge in [-0.05, 0) is 0 Å². The summed E-state index contributed by atoms with van der Waals surface area (Å²) in [6, 6.07) is 0. The lowest BCUT2D eigenvalue weighted by Gasteiger charge is -2.14. The van der Waals surface area contributed by atoms with Crippen LogP contribution in [0.2, 0.25) is 0 Å². The van der Waals surface area contributed by atoms with Crippen LogP contribution in [-0.2, 0) is 13.1 Å². The highest BCUT2D eigenvalue weighted by molar-refractivity contribution is 7.80. The molecule has 54 valence electrons. The standard InChI is InChI=1S/C6H9N3S/c10-6-4-8-9-2-1-7-3-5(6)9/h4,7,10H,1-3H2. The van der Waals surface area contributed by atoms with Crippen LogP contribution < -0.4 is 5.32 Å². The number of nitrogens with one attached hydrogen (secondary N) is 1. The molecule has 0 saturated carbocycles. The summed E-state index contributed by atoms with van der Waals surface area (Å²) in [6.07, 6.45) is 1.80. The number of rotatable bonds is 0. The summed E-state index contributed by atoms with van der Waals surface area (Å²) in [4.78, 5) is 0.993. The van der Waals surface area contributed by atoms with Crippen LogP contribution in [0.25, 0.3) is 0 Å². The molecule has 2 rings (SSSR count). The normalized spacial score (nSPS) is 16.9. The van der Waals surface area contributed by atoms with Gasteiger partial charge in [0, 0.05) is 18.0 Å². The quantitative estimate of drug-likeness (QED) is 0.527. The molecule has 0 bridgehead atoms. The number of thiol groups is 1. The number of hydrogen-bond donors (Lipinski definition) is 2. The van der Waals surface area contributed by atoms with Crippen LogP contribution in [0.1, 0.15) is 5.69 Å². The molecular weight excluding hydrogens is 146 g/mol. The van der Waals surface area contributed by atoms with E-state index in [1.54, 1.807) is 6.20 Å². The molecule has 0 radical (unpaired) electrons. The average Bonchev–Trinajstić information content (AvgIpc) is 2.34. The summed E-state index contributed by atoms with van der Waals surface area (Å²) >= 11 is 4.26. The molecule has 0 spiro atoms. The van der Waals surface area contributed by atoms with E-state index in [0.29, 0.717) is 0 Å². The van der Waals surface area contributed by atoms with Gasteiger partial charge < -0.3 is 5.32 Å². The molecule has 0 amide bonds. The Kier molecular flexibility index (Phi) is 1.43. The van der Waals surface area contributed by atoms with Gasteiger partial charge in [-0.25, -0.2) is 0 Å². The predicted octanol–water partition coefficient (Wildman–Crippen LogP) is 0.275. The van der Waals surface area contributed by atoms with Crippen molar-refractivity contribution in [3.8, 4) is 0 Å². The fourth-order valence-electron chi connectivity index (χ4n) is 1.17. The first-order valence-electron chi connectivity index (χ1n) is 3.32. The average molecular weight is 155 g/mol.